The molecule has 4 rings (SSSR count). The number of hydrogen-bond acceptors (Lipinski definition) is 6. The van der Waals surface area contributed by atoms with Gasteiger partial charge in [-0.05, 0) is 48.4 Å². The molecule has 0 bridgehead atoms. The van der Waals surface area contributed by atoms with E-state index < -0.39 is 21.4 Å². The number of anilines is 2. The fourth-order valence-electron chi connectivity index (χ4n) is 3.53. The number of sulfone groups is 1. The highest BCUT2D eigenvalue weighted by atomic mass is 35.5. The Hall–Kier alpha value is -3.73. The van der Waals surface area contributed by atoms with Crippen LogP contribution in [-0.4, -0.2) is 35.5 Å². The van der Waals surface area contributed by atoms with Crippen LogP contribution >= 0.6 is 23.2 Å². The Bertz CT molecular complexity index is 1650. The molecule has 12 heteroatoms. The van der Waals surface area contributed by atoms with Crippen molar-refractivity contribution in [3.05, 3.63) is 87.4 Å². The van der Waals surface area contributed by atoms with Crippen molar-refractivity contribution in [2.75, 3.05) is 16.9 Å². The van der Waals surface area contributed by atoms with Gasteiger partial charge in [-0.15, -0.1) is 0 Å². The predicted octanol–water partition coefficient (Wildman–Crippen LogP) is 5.35. The number of nitrogens with zero attached hydrogens (tertiary/aromatic N) is 3. The number of aryl methyl sites for hydroxylation is 1. The number of benzene rings is 2. The Morgan fingerprint density at radius 2 is 1.62 bits per heavy atom. The summed E-state index contributed by atoms with van der Waals surface area (Å²) in [6, 6.07) is 16.2. The Labute approximate surface area is 223 Å². The van der Waals surface area contributed by atoms with Crippen molar-refractivity contribution in [3.8, 4) is 22.4 Å². The number of halogens is 2. The third-order valence-electron chi connectivity index (χ3n) is 5.39. The molecule has 0 aliphatic rings. The van der Waals surface area contributed by atoms with Crippen LogP contribution in [0.5, 0.6) is 0 Å². The zero-order valence-corrected chi connectivity index (χ0v) is 22.0. The van der Waals surface area contributed by atoms with E-state index >= 15 is 0 Å². The minimum atomic E-state index is -3.30. The van der Waals surface area contributed by atoms with Gasteiger partial charge in [0.25, 0.3) is 5.56 Å². The number of nitrogens with one attached hydrogen (secondary N) is 2. The molecule has 0 radical (unpaired) electrons. The number of amides is 2. The van der Waals surface area contributed by atoms with Gasteiger partial charge < -0.3 is 10.6 Å². The molecule has 0 aliphatic heterocycles. The molecule has 0 saturated carbocycles. The molecule has 0 unspecified atom stereocenters. The summed E-state index contributed by atoms with van der Waals surface area (Å²) in [6.07, 6.45) is 2.55. The van der Waals surface area contributed by atoms with Crippen molar-refractivity contribution in [1.82, 2.24) is 14.8 Å². The van der Waals surface area contributed by atoms with E-state index in [4.69, 9.17) is 23.2 Å². The summed E-state index contributed by atoms with van der Waals surface area (Å²) in [5, 5.41) is 9.64. The number of urea groups is 1. The number of rotatable bonds is 6. The van der Waals surface area contributed by atoms with E-state index in [1.807, 2.05) is 24.3 Å². The maximum Gasteiger partial charge on any atom is 0.323 e. The highest BCUT2D eigenvalue weighted by molar-refractivity contribution is 7.90. The van der Waals surface area contributed by atoms with Gasteiger partial charge in [0.2, 0.25) is 0 Å². The highest BCUT2D eigenvalue weighted by Crippen LogP contribution is 2.29. The van der Waals surface area contributed by atoms with Gasteiger partial charge in [-0.2, -0.15) is 5.10 Å². The van der Waals surface area contributed by atoms with Gasteiger partial charge in [0, 0.05) is 24.6 Å². The quantitative estimate of drug-likeness (QED) is 0.308. The molecule has 0 atom stereocenters. The summed E-state index contributed by atoms with van der Waals surface area (Å²) in [6.45, 7) is 2.04. The first-order valence-corrected chi connectivity index (χ1v) is 13.6. The maximum absolute atomic E-state index is 12.8. The molecular formula is C25H21Cl2N5O4S. The Kier molecular flexibility index (Phi) is 7.63. The van der Waals surface area contributed by atoms with Crippen LogP contribution < -0.4 is 16.2 Å². The van der Waals surface area contributed by atoms with Crippen LogP contribution in [0, 0.1) is 0 Å². The van der Waals surface area contributed by atoms with Gasteiger partial charge in [0.15, 0.2) is 9.84 Å². The molecule has 0 fully saturated rings. The molecule has 0 spiro atoms. The monoisotopic (exact) mass is 557 g/mol. The molecule has 2 amide bonds. The first kappa shape index (κ1) is 26.3. The van der Waals surface area contributed by atoms with Crippen LogP contribution in [0.3, 0.4) is 0 Å². The smallest absolute Gasteiger partial charge is 0.306 e. The Morgan fingerprint density at radius 1 is 0.946 bits per heavy atom. The van der Waals surface area contributed by atoms with Crippen LogP contribution in [0.4, 0.5) is 16.2 Å². The molecule has 0 saturated heterocycles. The molecule has 2 aromatic heterocycles. The summed E-state index contributed by atoms with van der Waals surface area (Å²) in [5.74, 6) is 0. The van der Waals surface area contributed by atoms with Crippen molar-refractivity contribution in [3.63, 3.8) is 0 Å². The third-order valence-corrected chi connectivity index (χ3v) is 7.29. The van der Waals surface area contributed by atoms with Gasteiger partial charge in [0.05, 0.1) is 16.3 Å². The Balaban J connectivity index is 1.66. The lowest BCUT2D eigenvalue weighted by molar-refractivity contribution is 0.262. The lowest BCUT2D eigenvalue weighted by Gasteiger charge is -2.13. The van der Waals surface area contributed by atoms with Crippen LogP contribution in [0.25, 0.3) is 22.4 Å². The number of pyridine rings is 1. The van der Waals surface area contributed by atoms with E-state index in [9.17, 15) is 18.0 Å². The van der Waals surface area contributed by atoms with E-state index in [0.29, 0.717) is 11.3 Å². The Morgan fingerprint density at radius 3 is 2.30 bits per heavy atom. The van der Waals surface area contributed by atoms with Crippen LogP contribution in [0.15, 0.2) is 76.6 Å². The zero-order chi connectivity index (χ0) is 26.7. The molecule has 0 aliphatic carbocycles. The first-order chi connectivity index (χ1) is 17.6. The van der Waals surface area contributed by atoms with E-state index in [1.54, 1.807) is 31.2 Å². The van der Waals surface area contributed by atoms with Gasteiger partial charge in [-0.3, -0.25) is 4.79 Å². The maximum atomic E-state index is 12.8. The molecule has 2 heterocycles. The highest BCUT2D eigenvalue weighted by Gasteiger charge is 2.15. The van der Waals surface area contributed by atoms with Crippen molar-refractivity contribution >= 4 is 50.4 Å². The van der Waals surface area contributed by atoms with E-state index in [1.165, 1.54) is 23.0 Å². The number of carbonyl (C=O) groups excluding carboxylic acids is 1. The topological polar surface area (TPSA) is 123 Å². The molecule has 190 valence electrons. The van der Waals surface area contributed by atoms with Gasteiger partial charge in [0.1, 0.15) is 15.9 Å². The second-order valence-corrected chi connectivity index (χ2v) is 10.7. The van der Waals surface area contributed by atoms with Gasteiger partial charge >= 0.3 is 6.03 Å². The molecular weight excluding hydrogens is 537 g/mol. The van der Waals surface area contributed by atoms with E-state index in [0.717, 1.165) is 17.4 Å². The summed E-state index contributed by atoms with van der Waals surface area (Å²) in [4.78, 5) is 29.5. The van der Waals surface area contributed by atoms with Crippen molar-refractivity contribution < 1.29 is 13.2 Å². The number of aromatic nitrogens is 3. The summed E-state index contributed by atoms with van der Waals surface area (Å²) in [5.41, 5.74) is 2.56. The first-order valence-electron chi connectivity index (χ1n) is 11.0. The van der Waals surface area contributed by atoms with Gasteiger partial charge in [-0.1, -0.05) is 53.5 Å². The molecule has 37 heavy (non-hydrogen) atoms. The molecule has 9 nitrogen and oxygen atoms in total. The average molecular weight is 558 g/mol. The number of carbonyl (C=O) groups is 1. The summed E-state index contributed by atoms with van der Waals surface area (Å²) >= 11 is 12.0. The number of hydrogen-bond donors (Lipinski definition) is 2. The van der Waals surface area contributed by atoms with Crippen LogP contribution in [0.1, 0.15) is 6.92 Å². The minimum Gasteiger partial charge on any atom is -0.306 e. The van der Waals surface area contributed by atoms with Crippen LogP contribution in [-0.2, 0) is 16.4 Å². The van der Waals surface area contributed by atoms with Crippen molar-refractivity contribution in [2.45, 2.75) is 18.4 Å². The van der Waals surface area contributed by atoms with Crippen LogP contribution in [0.2, 0.25) is 10.2 Å². The normalized spacial score (nSPS) is 11.2. The van der Waals surface area contributed by atoms with Gasteiger partial charge in [-0.25, -0.2) is 22.9 Å². The fraction of sp³-hybridized carbons (Fsp3) is 0.120. The fourth-order valence-corrected chi connectivity index (χ4v) is 4.48. The second-order valence-electron chi connectivity index (χ2n) is 7.98. The lowest BCUT2D eigenvalue weighted by atomic mass is 10.0. The molecule has 2 aromatic carbocycles. The standard InChI is InChI=1S/C25H21Cl2N5O4S/c1-3-32-24(33)21(30-25(34)29-19-11-12-28-23(27)22(19)26)14-20(31-32)17-6-4-5-16(13-17)15-7-9-18(10-8-15)37(2,35)36/h4-14H,3H2,1-2H3,(H2,28,29,30,34). The van der Waals surface area contributed by atoms with E-state index in [-0.39, 0.29) is 33.0 Å². The average Bonchev–Trinajstić information content (AvgIpc) is 2.87. The van der Waals surface area contributed by atoms with Crippen molar-refractivity contribution in [1.29, 1.82) is 0 Å². The molecule has 4 aromatic rings. The SMILES string of the molecule is CCn1nc(-c2cccc(-c3ccc(S(C)(=O)=O)cc3)c2)cc(NC(=O)Nc2ccnc(Cl)c2Cl)c1=O. The predicted molar refractivity (Wildman–Crippen MR) is 145 cm³/mol. The molecule has 2 N–H and O–H groups in total. The third kappa shape index (κ3) is 5.99. The lowest BCUT2D eigenvalue weighted by Crippen LogP contribution is -2.29. The summed E-state index contributed by atoms with van der Waals surface area (Å²) < 4.78 is 24.8. The van der Waals surface area contributed by atoms with E-state index in [2.05, 4.69) is 20.7 Å². The van der Waals surface area contributed by atoms with Crippen molar-refractivity contribution in [2.24, 2.45) is 0 Å². The minimum absolute atomic E-state index is 0.0172. The summed E-state index contributed by atoms with van der Waals surface area (Å²) in [7, 11) is -3.30. The zero-order valence-electron chi connectivity index (χ0n) is 19.7. The largest absolute Gasteiger partial charge is 0.323 e. The second kappa shape index (κ2) is 10.7.